The minimum atomic E-state index is -0.0370. The van der Waals surface area contributed by atoms with Crippen LogP contribution < -0.4 is 11.1 Å². The van der Waals surface area contributed by atoms with E-state index in [9.17, 15) is 9.59 Å². The van der Waals surface area contributed by atoms with Crippen LogP contribution in [0.25, 0.3) is 0 Å². The van der Waals surface area contributed by atoms with Crippen LogP contribution in [0, 0.1) is 11.8 Å². The van der Waals surface area contributed by atoms with Gasteiger partial charge in [0.1, 0.15) is 0 Å². The number of carbonyl (C=O) groups excluding carboxylic acids is 2. The fourth-order valence-electron chi connectivity index (χ4n) is 3.18. The highest BCUT2D eigenvalue weighted by atomic mass is 16.2. The molecule has 2 aromatic rings. The molecule has 5 heteroatoms. The molecule has 142 valence electrons. The quantitative estimate of drug-likeness (QED) is 0.755. The maximum Gasteiger partial charge on any atom is 0.253 e. The summed E-state index contributed by atoms with van der Waals surface area (Å²) in [5, 5.41) is 2.92. The Kier molecular flexibility index (Phi) is 6.24. The predicted molar refractivity (Wildman–Crippen MR) is 107 cm³/mol. The Morgan fingerprint density at radius 1 is 1.07 bits per heavy atom. The van der Waals surface area contributed by atoms with Gasteiger partial charge in [0.2, 0.25) is 5.91 Å². The van der Waals surface area contributed by atoms with Crippen LogP contribution in [0.15, 0.2) is 54.6 Å². The van der Waals surface area contributed by atoms with Crippen molar-refractivity contribution in [2.75, 3.05) is 25.0 Å². The third-order valence-corrected chi connectivity index (χ3v) is 5.05. The normalized spacial score (nSPS) is 18.0. The van der Waals surface area contributed by atoms with Crippen LogP contribution in [-0.2, 0) is 11.2 Å². The van der Waals surface area contributed by atoms with Crippen LogP contribution in [0.4, 0.5) is 5.69 Å². The molecule has 0 radical (unpaired) electrons. The molecule has 1 aliphatic carbocycles. The van der Waals surface area contributed by atoms with Crippen molar-refractivity contribution in [3.8, 4) is 0 Å². The maximum atomic E-state index is 12.8. The van der Waals surface area contributed by atoms with Crippen molar-refractivity contribution in [2.45, 2.75) is 19.8 Å². The summed E-state index contributed by atoms with van der Waals surface area (Å²) in [6, 6.07) is 17.2. The predicted octanol–water partition coefficient (Wildman–Crippen LogP) is 2.92. The molecule has 27 heavy (non-hydrogen) atoms. The van der Waals surface area contributed by atoms with Crippen molar-refractivity contribution >= 4 is 17.5 Å². The van der Waals surface area contributed by atoms with Crippen LogP contribution in [0.1, 0.15) is 29.3 Å². The molecule has 2 amide bonds. The second-order valence-electron chi connectivity index (χ2n) is 7.20. The van der Waals surface area contributed by atoms with Crippen molar-refractivity contribution in [1.29, 1.82) is 0 Å². The van der Waals surface area contributed by atoms with Gasteiger partial charge in [-0.15, -0.1) is 0 Å². The van der Waals surface area contributed by atoms with Crippen molar-refractivity contribution in [1.82, 2.24) is 4.90 Å². The minimum absolute atomic E-state index is 0.0370. The lowest BCUT2D eigenvalue weighted by atomic mass is 10.1. The first-order chi connectivity index (χ1) is 13.1. The fraction of sp³-hybridized carbons (Fsp3) is 0.364. The van der Waals surface area contributed by atoms with Gasteiger partial charge in [-0.25, -0.2) is 0 Å². The number of hydrogen-bond donors (Lipinski definition) is 2. The van der Waals surface area contributed by atoms with Crippen molar-refractivity contribution < 1.29 is 9.59 Å². The molecule has 0 heterocycles. The van der Waals surface area contributed by atoms with Gasteiger partial charge in [-0.05, 0) is 48.6 Å². The summed E-state index contributed by atoms with van der Waals surface area (Å²) in [7, 11) is 0. The lowest BCUT2D eigenvalue weighted by molar-refractivity contribution is -0.117. The lowest BCUT2D eigenvalue weighted by Crippen LogP contribution is -2.36. The molecule has 0 bridgehead atoms. The highest BCUT2D eigenvalue weighted by Gasteiger charge is 2.39. The Bertz CT molecular complexity index is 774. The van der Waals surface area contributed by atoms with Gasteiger partial charge in [-0.2, -0.15) is 0 Å². The van der Waals surface area contributed by atoms with Gasteiger partial charge in [0, 0.05) is 36.8 Å². The van der Waals surface area contributed by atoms with Gasteiger partial charge in [-0.3, -0.25) is 9.59 Å². The van der Waals surface area contributed by atoms with Crippen LogP contribution in [0.3, 0.4) is 0 Å². The van der Waals surface area contributed by atoms with Crippen LogP contribution in [-0.4, -0.2) is 36.3 Å². The standard InChI is InChI=1S/C22H27N3O2/c1-16-15-20(16)21(26)24-19-9-7-18(8-10-19)22(27)25(14-12-23)13-11-17-5-3-2-4-6-17/h2-10,16,20H,11-15,23H2,1H3,(H,24,26). The second kappa shape index (κ2) is 8.82. The molecule has 3 rings (SSSR count). The number of nitrogens with one attached hydrogen (secondary N) is 1. The molecule has 0 saturated heterocycles. The summed E-state index contributed by atoms with van der Waals surface area (Å²) in [4.78, 5) is 26.6. The van der Waals surface area contributed by atoms with Crippen molar-refractivity contribution in [2.24, 2.45) is 17.6 Å². The molecule has 5 nitrogen and oxygen atoms in total. The van der Waals surface area contributed by atoms with E-state index in [0.717, 1.165) is 18.5 Å². The SMILES string of the molecule is CC1CC1C(=O)Nc1ccc(C(=O)N(CCN)CCc2ccccc2)cc1. The second-order valence-corrected chi connectivity index (χ2v) is 7.20. The number of benzene rings is 2. The van der Waals surface area contributed by atoms with E-state index < -0.39 is 0 Å². The highest BCUT2D eigenvalue weighted by Crippen LogP contribution is 2.38. The van der Waals surface area contributed by atoms with E-state index in [1.807, 2.05) is 18.2 Å². The van der Waals surface area contributed by atoms with Gasteiger partial charge >= 0.3 is 0 Å². The fourth-order valence-corrected chi connectivity index (χ4v) is 3.18. The summed E-state index contributed by atoms with van der Waals surface area (Å²) < 4.78 is 0. The van der Waals surface area contributed by atoms with Gasteiger partial charge in [0.15, 0.2) is 0 Å². The molecule has 2 unspecified atom stereocenters. The van der Waals surface area contributed by atoms with Crippen LogP contribution >= 0.6 is 0 Å². The van der Waals surface area contributed by atoms with Gasteiger partial charge in [0.25, 0.3) is 5.91 Å². The van der Waals surface area contributed by atoms with E-state index >= 15 is 0 Å². The summed E-state index contributed by atoms with van der Waals surface area (Å²) in [6.07, 6.45) is 1.75. The first-order valence-electron chi connectivity index (χ1n) is 9.52. The van der Waals surface area contributed by atoms with E-state index in [1.165, 1.54) is 5.56 Å². The van der Waals surface area contributed by atoms with Crippen LogP contribution in [0.5, 0.6) is 0 Å². The smallest absolute Gasteiger partial charge is 0.253 e. The lowest BCUT2D eigenvalue weighted by Gasteiger charge is -2.22. The zero-order valence-corrected chi connectivity index (χ0v) is 15.7. The third-order valence-electron chi connectivity index (χ3n) is 5.05. The van der Waals surface area contributed by atoms with Crippen LogP contribution in [0.2, 0.25) is 0 Å². The topological polar surface area (TPSA) is 75.4 Å². The Balaban J connectivity index is 1.60. The number of amides is 2. The first kappa shape index (κ1) is 19.1. The number of carbonyl (C=O) groups is 2. The van der Waals surface area contributed by atoms with Gasteiger partial charge < -0.3 is 16.0 Å². The Hall–Kier alpha value is -2.66. The molecule has 0 spiro atoms. The molecule has 2 aromatic carbocycles. The van der Waals surface area contributed by atoms with Crippen molar-refractivity contribution in [3.63, 3.8) is 0 Å². The van der Waals surface area contributed by atoms with E-state index in [-0.39, 0.29) is 17.7 Å². The van der Waals surface area contributed by atoms with E-state index in [0.29, 0.717) is 31.1 Å². The van der Waals surface area contributed by atoms with Gasteiger partial charge in [0.05, 0.1) is 0 Å². The first-order valence-corrected chi connectivity index (χ1v) is 9.52. The molecule has 0 aliphatic heterocycles. The Labute approximate surface area is 160 Å². The van der Waals surface area contributed by atoms with Crippen molar-refractivity contribution in [3.05, 3.63) is 65.7 Å². The monoisotopic (exact) mass is 365 g/mol. The minimum Gasteiger partial charge on any atom is -0.337 e. The number of anilines is 1. The van der Waals surface area contributed by atoms with E-state index in [2.05, 4.69) is 24.4 Å². The molecule has 1 fully saturated rings. The maximum absolute atomic E-state index is 12.8. The van der Waals surface area contributed by atoms with Gasteiger partial charge in [-0.1, -0.05) is 37.3 Å². The summed E-state index contributed by atoms with van der Waals surface area (Å²) >= 11 is 0. The number of nitrogens with two attached hydrogens (primary N) is 1. The molecular weight excluding hydrogens is 338 g/mol. The summed E-state index contributed by atoms with van der Waals surface area (Å²) in [6.45, 7) is 3.64. The average Bonchev–Trinajstić information content (AvgIpc) is 3.43. The number of nitrogens with zero attached hydrogens (tertiary/aromatic N) is 1. The van der Waals surface area contributed by atoms with E-state index in [1.54, 1.807) is 29.2 Å². The zero-order chi connectivity index (χ0) is 19.2. The molecule has 1 saturated carbocycles. The van der Waals surface area contributed by atoms with E-state index in [4.69, 9.17) is 5.73 Å². The zero-order valence-electron chi connectivity index (χ0n) is 15.7. The highest BCUT2D eigenvalue weighted by molar-refractivity contribution is 5.97. The third kappa shape index (κ3) is 5.17. The Morgan fingerprint density at radius 3 is 2.33 bits per heavy atom. The Morgan fingerprint density at radius 2 is 1.74 bits per heavy atom. The largest absolute Gasteiger partial charge is 0.337 e. The summed E-state index contributed by atoms with van der Waals surface area (Å²) in [5.41, 5.74) is 8.22. The molecule has 2 atom stereocenters. The number of rotatable bonds is 8. The average molecular weight is 365 g/mol. The molecular formula is C22H27N3O2. The molecule has 1 aliphatic rings. The number of hydrogen-bond acceptors (Lipinski definition) is 3. The summed E-state index contributed by atoms with van der Waals surface area (Å²) in [5.74, 6) is 0.629. The molecule has 3 N–H and O–H groups in total. The molecule has 0 aromatic heterocycles.